The van der Waals surface area contributed by atoms with Gasteiger partial charge in [-0.15, -0.1) is 0 Å². The van der Waals surface area contributed by atoms with Gasteiger partial charge in [0, 0.05) is 36.3 Å². The molecule has 0 bridgehead atoms. The number of aliphatic hydroxyl groups is 1. The first-order chi connectivity index (χ1) is 11.6. The van der Waals surface area contributed by atoms with E-state index in [2.05, 4.69) is 16.8 Å². The molecule has 0 amide bonds. The van der Waals surface area contributed by atoms with Gasteiger partial charge in [0.25, 0.3) is 5.69 Å². The van der Waals surface area contributed by atoms with Crippen molar-refractivity contribution >= 4 is 5.69 Å². The molecule has 1 fully saturated rings. The summed E-state index contributed by atoms with van der Waals surface area (Å²) in [6.45, 7) is 2.94. The number of piperidine rings is 1. The molecule has 2 heterocycles. The monoisotopic (exact) mass is 331 g/mol. The second kappa shape index (κ2) is 7.11. The van der Waals surface area contributed by atoms with Gasteiger partial charge in [-0.05, 0) is 31.9 Å². The Hall–Kier alpha value is -2.25. The molecule has 0 aliphatic carbocycles. The van der Waals surface area contributed by atoms with Crippen molar-refractivity contribution in [2.75, 3.05) is 6.61 Å². The lowest BCUT2D eigenvalue weighted by Gasteiger charge is -2.39. The third-order valence-corrected chi connectivity index (χ3v) is 4.63. The molecule has 2 aromatic rings. The molecule has 7 heteroatoms. The van der Waals surface area contributed by atoms with Gasteiger partial charge < -0.3 is 9.52 Å². The van der Waals surface area contributed by atoms with Crippen LogP contribution in [0, 0.1) is 10.1 Å². The van der Waals surface area contributed by atoms with E-state index in [0.29, 0.717) is 24.0 Å². The van der Waals surface area contributed by atoms with Crippen LogP contribution in [-0.4, -0.2) is 38.6 Å². The molecule has 0 unspecified atom stereocenters. The van der Waals surface area contributed by atoms with E-state index in [4.69, 9.17) is 4.42 Å². The summed E-state index contributed by atoms with van der Waals surface area (Å²) in [5.41, 5.74) is 1.55. The fraction of sp³-hybridized carbons (Fsp3) is 0.471. The van der Waals surface area contributed by atoms with Crippen LogP contribution in [-0.2, 0) is 6.54 Å². The maximum absolute atomic E-state index is 10.7. The van der Waals surface area contributed by atoms with Crippen LogP contribution >= 0.6 is 0 Å². The minimum absolute atomic E-state index is 0.0402. The first-order valence-corrected chi connectivity index (χ1v) is 8.14. The standard InChI is InChI=1S/C17H21N3O4/c1-12-3-2-4-16(10-21)19(12)9-14-11-24-17(18-14)13-5-7-15(8-6-13)20(22)23/h5-8,11-12,16,21H,2-4,9-10H2,1H3/t12-,16-/m1/s1. The summed E-state index contributed by atoms with van der Waals surface area (Å²) in [5.74, 6) is 0.449. The van der Waals surface area contributed by atoms with Gasteiger partial charge in [-0.25, -0.2) is 4.98 Å². The van der Waals surface area contributed by atoms with Crippen LogP contribution in [0.25, 0.3) is 11.5 Å². The van der Waals surface area contributed by atoms with E-state index in [9.17, 15) is 15.2 Å². The number of hydrogen-bond acceptors (Lipinski definition) is 6. The molecular weight excluding hydrogens is 310 g/mol. The van der Waals surface area contributed by atoms with Crippen LogP contribution in [0.5, 0.6) is 0 Å². The molecule has 7 nitrogen and oxygen atoms in total. The molecular formula is C17H21N3O4. The van der Waals surface area contributed by atoms with E-state index >= 15 is 0 Å². The average Bonchev–Trinajstić information content (AvgIpc) is 3.05. The predicted molar refractivity (Wildman–Crippen MR) is 88.3 cm³/mol. The largest absolute Gasteiger partial charge is 0.444 e. The molecule has 24 heavy (non-hydrogen) atoms. The van der Waals surface area contributed by atoms with E-state index in [1.54, 1.807) is 18.4 Å². The smallest absolute Gasteiger partial charge is 0.269 e. The maximum Gasteiger partial charge on any atom is 0.269 e. The molecule has 0 saturated carbocycles. The van der Waals surface area contributed by atoms with Crippen LogP contribution in [0.15, 0.2) is 34.9 Å². The molecule has 1 aliphatic rings. The number of hydrogen-bond donors (Lipinski definition) is 1. The minimum Gasteiger partial charge on any atom is -0.444 e. The summed E-state index contributed by atoms with van der Waals surface area (Å²) in [5, 5.41) is 20.3. The van der Waals surface area contributed by atoms with E-state index in [-0.39, 0.29) is 18.3 Å². The molecule has 0 radical (unpaired) electrons. The lowest BCUT2D eigenvalue weighted by molar-refractivity contribution is -0.384. The van der Waals surface area contributed by atoms with Gasteiger partial charge in [0.1, 0.15) is 6.26 Å². The van der Waals surface area contributed by atoms with E-state index in [1.165, 1.54) is 12.1 Å². The molecule has 128 valence electrons. The number of non-ortho nitro benzene ring substituents is 1. The summed E-state index contributed by atoms with van der Waals surface area (Å²) < 4.78 is 5.53. The normalized spacial score (nSPS) is 21.8. The first-order valence-electron chi connectivity index (χ1n) is 8.14. The Morgan fingerprint density at radius 2 is 2.12 bits per heavy atom. The van der Waals surface area contributed by atoms with Gasteiger partial charge in [-0.1, -0.05) is 6.42 Å². The molecule has 3 rings (SSSR count). The minimum atomic E-state index is -0.433. The Morgan fingerprint density at radius 3 is 2.79 bits per heavy atom. The van der Waals surface area contributed by atoms with Crippen molar-refractivity contribution in [1.29, 1.82) is 0 Å². The van der Waals surface area contributed by atoms with Crippen molar-refractivity contribution < 1.29 is 14.4 Å². The van der Waals surface area contributed by atoms with Crippen molar-refractivity contribution in [1.82, 2.24) is 9.88 Å². The van der Waals surface area contributed by atoms with Gasteiger partial charge in [-0.3, -0.25) is 15.0 Å². The van der Waals surface area contributed by atoms with Crippen molar-refractivity contribution in [3.05, 3.63) is 46.3 Å². The van der Waals surface area contributed by atoms with E-state index in [1.807, 2.05) is 0 Å². The number of nitro groups is 1. The third kappa shape index (κ3) is 3.47. The van der Waals surface area contributed by atoms with E-state index < -0.39 is 4.92 Å². The third-order valence-electron chi connectivity index (χ3n) is 4.63. The Morgan fingerprint density at radius 1 is 1.38 bits per heavy atom. The number of nitrogens with zero attached hydrogens (tertiary/aromatic N) is 3. The van der Waals surface area contributed by atoms with Gasteiger partial charge >= 0.3 is 0 Å². The second-order valence-electron chi connectivity index (χ2n) is 6.24. The zero-order chi connectivity index (χ0) is 17.1. The number of benzene rings is 1. The highest BCUT2D eigenvalue weighted by Gasteiger charge is 2.28. The second-order valence-corrected chi connectivity index (χ2v) is 6.24. The van der Waals surface area contributed by atoms with Crippen molar-refractivity contribution in [2.45, 2.75) is 44.8 Å². The topological polar surface area (TPSA) is 92.6 Å². The summed E-state index contributed by atoms with van der Waals surface area (Å²) >= 11 is 0. The zero-order valence-corrected chi connectivity index (χ0v) is 13.6. The van der Waals surface area contributed by atoms with E-state index in [0.717, 1.165) is 25.0 Å². The Balaban J connectivity index is 1.74. The molecule has 1 saturated heterocycles. The van der Waals surface area contributed by atoms with Crippen molar-refractivity contribution in [3.8, 4) is 11.5 Å². The van der Waals surface area contributed by atoms with Crippen LogP contribution < -0.4 is 0 Å². The number of nitro benzene ring substituents is 1. The SMILES string of the molecule is C[C@@H]1CCC[C@H](CO)N1Cc1coc(-c2ccc([N+](=O)[O-])cc2)n1. The fourth-order valence-electron chi connectivity index (χ4n) is 3.25. The van der Waals surface area contributed by atoms with Crippen LogP contribution in [0.3, 0.4) is 0 Å². The summed E-state index contributed by atoms with van der Waals surface area (Å²) in [6, 6.07) is 6.70. The lowest BCUT2D eigenvalue weighted by Crippen LogP contribution is -2.46. The predicted octanol–water partition coefficient (Wildman–Crippen LogP) is 2.99. The Kier molecular flexibility index (Phi) is 4.92. The summed E-state index contributed by atoms with van der Waals surface area (Å²) in [4.78, 5) is 17.0. The molecule has 2 atom stereocenters. The molecule has 1 N–H and O–H groups in total. The van der Waals surface area contributed by atoms with Gasteiger partial charge in [0.05, 0.1) is 17.2 Å². The zero-order valence-electron chi connectivity index (χ0n) is 13.6. The highest BCUT2D eigenvalue weighted by atomic mass is 16.6. The number of rotatable bonds is 5. The van der Waals surface area contributed by atoms with Crippen molar-refractivity contribution in [2.24, 2.45) is 0 Å². The van der Waals surface area contributed by atoms with Crippen LogP contribution in [0.2, 0.25) is 0 Å². The average molecular weight is 331 g/mol. The molecule has 1 aliphatic heterocycles. The number of aliphatic hydroxyl groups excluding tert-OH is 1. The number of aromatic nitrogens is 1. The molecule has 1 aromatic heterocycles. The van der Waals surface area contributed by atoms with Crippen LogP contribution in [0.1, 0.15) is 31.9 Å². The fourth-order valence-corrected chi connectivity index (χ4v) is 3.25. The van der Waals surface area contributed by atoms with Crippen LogP contribution in [0.4, 0.5) is 5.69 Å². The van der Waals surface area contributed by atoms with Gasteiger partial charge in [-0.2, -0.15) is 0 Å². The highest BCUT2D eigenvalue weighted by molar-refractivity contribution is 5.55. The summed E-state index contributed by atoms with van der Waals surface area (Å²) in [6.07, 6.45) is 4.86. The molecule has 0 spiro atoms. The van der Waals surface area contributed by atoms with Crippen molar-refractivity contribution in [3.63, 3.8) is 0 Å². The number of likely N-dealkylation sites (tertiary alicyclic amines) is 1. The quantitative estimate of drug-likeness (QED) is 0.669. The number of oxazole rings is 1. The Labute approximate surface area is 140 Å². The highest BCUT2D eigenvalue weighted by Crippen LogP contribution is 2.26. The lowest BCUT2D eigenvalue weighted by atomic mass is 9.97. The summed E-state index contributed by atoms with van der Waals surface area (Å²) in [7, 11) is 0. The first kappa shape index (κ1) is 16.6. The van der Waals surface area contributed by atoms with Gasteiger partial charge in [0.2, 0.25) is 5.89 Å². The Bertz CT molecular complexity index is 698. The van der Waals surface area contributed by atoms with Gasteiger partial charge in [0.15, 0.2) is 0 Å². The molecule has 1 aromatic carbocycles. The maximum atomic E-state index is 10.7.